The molecule has 1 heterocycles. The fourth-order valence-corrected chi connectivity index (χ4v) is 7.49. The largest absolute Gasteiger partial charge is 0.356 e. The highest BCUT2D eigenvalue weighted by atomic mass is 15.4. The van der Waals surface area contributed by atoms with E-state index in [4.69, 9.17) is 0 Å². The predicted molar refractivity (Wildman–Crippen MR) is 205 cm³/mol. The Bertz CT molecular complexity index is 586. The molecule has 268 valence electrons. The fourth-order valence-electron chi connectivity index (χ4n) is 7.49. The molecule has 1 aliphatic heterocycles. The number of unbranched alkanes of at least 4 members (excludes halogenated alkanes) is 31. The first kappa shape index (κ1) is 42.4. The summed E-state index contributed by atoms with van der Waals surface area (Å²) in [5.74, 6) is 0. The lowest BCUT2D eigenvalue weighted by Crippen LogP contribution is -2.39. The van der Waals surface area contributed by atoms with Gasteiger partial charge in [0.15, 0.2) is 0 Å². The lowest BCUT2D eigenvalue weighted by molar-refractivity contribution is 0.137. The van der Waals surface area contributed by atoms with Crippen LogP contribution < -0.4 is 0 Å². The minimum atomic E-state index is 0.637. The van der Waals surface area contributed by atoms with Crippen LogP contribution >= 0.6 is 0 Å². The van der Waals surface area contributed by atoms with Gasteiger partial charge in [-0.25, -0.2) is 0 Å². The van der Waals surface area contributed by atoms with Crippen molar-refractivity contribution in [3.05, 3.63) is 12.4 Å². The number of hydrogen-bond acceptors (Lipinski definition) is 2. The molecule has 0 bridgehead atoms. The van der Waals surface area contributed by atoms with Crippen molar-refractivity contribution in [3.8, 4) is 0 Å². The zero-order chi connectivity index (χ0) is 32.3. The standard InChI is InChI=1S/C43H86N2/c1-4-7-9-11-13-15-17-19-21-23-25-27-29-31-33-35-37-40-45-42-41-44(39-6-3)43(45)38-36-34-32-30-28-26-24-22-20-18-16-14-12-10-8-5-2/h41-43H,4-40H2,1-3H3. The Morgan fingerprint density at radius 3 is 0.867 bits per heavy atom. The molecule has 0 spiro atoms. The highest BCUT2D eigenvalue weighted by molar-refractivity contribution is 4.96. The zero-order valence-corrected chi connectivity index (χ0v) is 31.8. The van der Waals surface area contributed by atoms with Gasteiger partial charge in [-0.05, 0) is 25.7 Å². The van der Waals surface area contributed by atoms with Gasteiger partial charge in [-0.1, -0.05) is 220 Å². The van der Waals surface area contributed by atoms with E-state index in [-0.39, 0.29) is 0 Å². The Hall–Kier alpha value is -0.660. The van der Waals surface area contributed by atoms with Gasteiger partial charge < -0.3 is 9.80 Å². The number of hydrogen-bond donors (Lipinski definition) is 0. The molecule has 0 aliphatic carbocycles. The van der Waals surface area contributed by atoms with Crippen molar-refractivity contribution in [2.24, 2.45) is 0 Å². The summed E-state index contributed by atoms with van der Waals surface area (Å²) in [5.41, 5.74) is 0. The molecular formula is C43H86N2. The first-order valence-corrected chi connectivity index (χ1v) is 21.5. The average Bonchev–Trinajstić information content (AvgIpc) is 3.43. The monoisotopic (exact) mass is 631 g/mol. The van der Waals surface area contributed by atoms with E-state index in [1.165, 1.54) is 238 Å². The van der Waals surface area contributed by atoms with Crippen molar-refractivity contribution in [1.29, 1.82) is 0 Å². The maximum Gasteiger partial charge on any atom is 0.101 e. The van der Waals surface area contributed by atoms with Gasteiger partial charge in [0.25, 0.3) is 0 Å². The van der Waals surface area contributed by atoms with Crippen molar-refractivity contribution < 1.29 is 0 Å². The third-order valence-corrected chi connectivity index (χ3v) is 10.5. The van der Waals surface area contributed by atoms with E-state index < -0.39 is 0 Å². The summed E-state index contributed by atoms with van der Waals surface area (Å²) in [6.45, 7) is 9.43. The summed E-state index contributed by atoms with van der Waals surface area (Å²) < 4.78 is 0. The van der Waals surface area contributed by atoms with Crippen LogP contribution in [0.2, 0.25) is 0 Å². The Morgan fingerprint density at radius 1 is 0.289 bits per heavy atom. The van der Waals surface area contributed by atoms with Crippen molar-refractivity contribution >= 4 is 0 Å². The van der Waals surface area contributed by atoms with Crippen LogP contribution in [0.15, 0.2) is 12.4 Å². The van der Waals surface area contributed by atoms with Gasteiger partial charge in [-0.3, -0.25) is 0 Å². The molecule has 0 aromatic heterocycles. The van der Waals surface area contributed by atoms with Crippen LogP contribution in [0, 0.1) is 0 Å². The molecule has 0 fully saturated rings. The Balaban J connectivity index is 1.94. The minimum Gasteiger partial charge on any atom is -0.356 e. The van der Waals surface area contributed by atoms with E-state index in [1.54, 1.807) is 0 Å². The predicted octanol–water partition coefficient (Wildman–Crippen LogP) is 15.1. The second kappa shape index (κ2) is 34.7. The van der Waals surface area contributed by atoms with Crippen molar-refractivity contribution in [2.45, 2.75) is 252 Å². The summed E-state index contributed by atoms with van der Waals surface area (Å²) in [4.78, 5) is 5.32. The van der Waals surface area contributed by atoms with Crippen LogP contribution in [-0.2, 0) is 0 Å². The van der Waals surface area contributed by atoms with Gasteiger partial charge in [0.05, 0.1) is 0 Å². The second-order valence-corrected chi connectivity index (χ2v) is 15.0. The van der Waals surface area contributed by atoms with Crippen LogP contribution in [0.5, 0.6) is 0 Å². The summed E-state index contributed by atoms with van der Waals surface area (Å²) in [6.07, 6.45) is 56.1. The van der Waals surface area contributed by atoms with Crippen LogP contribution in [-0.4, -0.2) is 29.1 Å². The third kappa shape index (κ3) is 27.0. The van der Waals surface area contributed by atoms with E-state index in [0.29, 0.717) is 6.17 Å². The lowest BCUT2D eigenvalue weighted by Gasteiger charge is -2.33. The molecule has 0 saturated carbocycles. The average molecular weight is 631 g/mol. The number of rotatable bonds is 37. The van der Waals surface area contributed by atoms with Gasteiger partial charge >= 0.3 is 0 Å². The lowest BCUT2D eigenvalue weighted by atomic mass is 10.0. The van der Waals surface area contributed by atoms with E-state index in [0.717, 1.165) is 0 Å². The van der Waals surface area contributed by atoms with Gasteiger partial charge in [0.2, 0.25) is 0 Å². The van der Waals surface area contributed by atoms with E-state index >= 15 is 0 Å². The van der Waals surface area contributed by atoms with E-state index in [2.05, 4.69) is 43.0 Å². The van der Waals surface area contributed by atoms with Crippen LogP contribution in [0.25, 0.3) is 0 Å². The summed E-state index contributed by atoms with van der Waals surface area (Å²) in [5, 5.41) is 0. The maximum atomic E-state index is 2.69. The highest BCUT2D eigenvalue weighted by Crippen LogP contribution is 2.23. The first-order valence-electron chi connectivity index (χ1n) is 21.5. The maximum absolute atomic E-state index is 2.69. The number of nitrogens with zero attached hydrogens (tertiary/aromatic N) is 2. The molecule has 0 saturated heterocycles. The Labute approximate surface area is 286 Å². The quantitative estimate of drug-likeness (QED) is 0.0630. The molecule has 0 aromatic rings. The normalized spacial score (nSPS) is 14.8. The molecule has 2 nitrogen and oxygen atoms in total. The molecule has 1 unspecified atom stereocenters. The summed E-state index contributed by atoms with van der Waals surface area (Å²) in [6, 6.07) is 0. The molecule has 45 heavy (non-hydrogen) atoms. The van der Waals surface area contributed by atoms with Crippen LogP contribution in [0.1, 0.15) is 245 Å². The smallest absolute Gasteiger partial charge is 0.101 e. The molecule has 0 radical (unpaired) electrons. The first-order chi connectivity index (χ1) is 22.3. The van der Waals surface area contributed by atoms with Gasteiger partial charge in [-0.15, -0.1) is 0 Å². The van der Waals surface area contributed by atoms with Gasteiger partial charge in [0.1, 0.15) is 6.17 Å². The molecule has 0 aromatic carbocycles. The summed E-state index contributed by atoms with van der Waals surface area (Å²) >= 11 is 0. The molecular weight excluding hydrogens is 544 g/mol. The fraction of sp³-hybridized carbons (Fsp3) is 0.953. The molecule has 1 aliphatic rings. The molecule has 0 N–H and O–H groups in total. The topological polar surface area (TPSA) is 6.48 Å². The minimum absolute atomic E-state index is 0.637. The van der Waals surface area contributed by atoms with Crippen molar-refractivity contribution in [2.75, 3.05) is 13.1 Å². The van der Waals surface area contributed by atoms with Crippen LogP contribution in [0.4, 0.5) is 0 Å². The third-order valence-electron chi connectivity index (χ3n) is 10.5. The zero-order valence-electron chi connectivity index (χ0n) is 31.8. The molecule has 0 amide bonds. The van der Waals surface area contributed by atoms with Crippen LogP contribution in [0.3, 0.4) is 0 Å². The van der Waals surface area contributed by atoms with Gasteiger partial charge in [0, 0.05) is 25.5 Å². The SMILES string of the molecule is CCCCCCCCCCCCCCCCCCCN1C=CN(CCC)C1CCCCCCCCCCCCCCCCCC. The van der Waals surface area contributed by atoms with Crippen molar-refractivity contribution in [1.82, 2.24) is 9.80 Å². The Kier molecular flexibility index (Phi) is 32.6. The molecule has 1 atom stereocenters. The van der Waals surface area contributed by atoms with E-state index in [9.17, 15) is 0 Å². The molecule has 2 heteroatoms. The summed E-state index contributed by atoms with van der Waals surface area (Å²) in [7, 11) is 0. The van der Waals surface area contributed by atoms with Gasteiger partial charge in [-0.2, -0.15) is 0 Å². The van der Waals surface area contributed by atoms with Crippen molar-refractivity contribution in [3.63, 3.8) is 0 Å². The molecule has 1 rings (SSSR count). The second-order valence-electron chi connectivity index (χ2n) is 15.0. The highest BCUT2D eigenvalue weighted by Gasteiger charge is 2.24. The Morgan fingerprint density at radius 2 is 0.556 bits per heavy atom. The van der Waals surface area contributed by atoms with E-state index in [1.807, 2.05) is 0 Å².